The molecule has 1 atom stereocenters. The molecule has 222 valence electrons. The van der Waals surface area contributed by atoms with Crippen LogP contribution in [0.4, 0.5) is 11.5 Å². The zero-order valence-electron chi connectivity index (χ0n) is 22.9. The Kier molecular flexibility index (Phi) is 13.3. The van der Waals surface area contributed by atoms with Crippen molar-refractivity contribution in [2.24, 2.45) is 5.92 Å². The average Bonchev–Trinajstić information content (AvgIpc) is 2.87. The van der Waals surface area contributed by atoms with Gasteiger partial charge in [0.25, 0.3) is 10.0 Å². The molecule has 0 amide bonds. The summed E-state index contributed by atoms with van der Waals surface area (Å²) in [7, 11) is -2.37. The summed E-state index contributed by atoms with van der Waals surface area (Å²) in [6, 6.07) is 12.9. The Morgan fingerprint density at radius 3 is 2.17 bits per heavy atom. The molecule has 1 aromatic heterocycles. The number of aromatic carboxylic acids is 1. The highest BCUT2D eigenvalue weighted by Gasteiger charge is 2.24. The first-order chi connectivity index (χ1) is 17.6. The van der Waals surface area contributed by atoms with E-state index in [4.69, 9.17) is 9.72 Å². The molecular weight excluding hydrogens is 599 g/mol. The number of carbonyl (C=O) groups is 1. The van der Waals surface area contributed by atoms with Gasteiger partial charge in [0, 0.05) is 43.3 Å². The number of fused-ring (bicyclic) bond motifs is 1. The van der Waals surface area contributed by atoms with Gasteiger partial charge in [-0.15, -0.1) is 37.2 Å². The van der Waals surface area contributed by atoms with Gasteiger partial charge in [0.05, 0.1) is 23.1 Å². The monoisotopic (exact) mass is 634 g/mol. The number of methoxy groups -OCH3 is 1. The number of sulfonamides is 1. The first-order valence-electron chi connectivity index (χ1n) is 12.4. The number of ether oxygens (including phenoxy) is 1. The van der Waals surface area contributed by atoms with Crippen molar-refractivity contribution in [3.05, 3.63) is 54.1 Å². The number of halogens is 3. The molecule has 9 nitrogen and oxygen atoms in total. The number of benzene rings is 2. The van der Waals surface area contributed by atoms with Crippen molar-refractivity contribution in [3.8, 4) is 5.75 Å². The van der Waals surface area contributed by atoms with Crippen molar-refractivity contribution >= 4 is 75.6 Å². The van der Waals surface area contributed by atoms with E-state index in [1.165, 1.54) is 25.3 Å². The number of carboxylic acids is 1. The van der Waals surface area contributed by atoms with Crippen molar-refractivity contribution in [3.63, 3.8) is 0 Å². The topological polar surface area (TPSA) is 112 Å². The molecule has 3 aromatic rings. The predicted octanol–water partition coefficient (Wildman–Crippen LogP) is 5.56. The van der Waals surface area contributed by atoms with E-state index >= 15 is 0 Å². The quantitative estimate of drug-likeness (QED) is 0.314. The van der Waals surface area contributed by atoms with Crippen LogP contribution in [0.25, 0.3) is 10.9 Å². The van der Waals surface area contributed by atoms with Crippen LogP contribution >= 0.6 is 37.2 Å². The molecular formula is C27H37Cl3N4O5S. The van der Waals surface area contributed by atoms with E-state index in [9.17, 15) is 18.3 Å². The maximum Gasteiger partial charge on any atom is 0.336 e. The van der Waals surface area contributed by atoms with Gasteiger partial charge in [-0.1, -0.05) is 13.8 Å². The molecule has 1 fully saturated rings. The number of hydrogen-bond donors (Lipinski definition) is 2. The second kappa shape index (κ2) is 14.9. The Morgan fingerprint density at radius 2 is 1.62 bits per heavy atom. The van der Waals surface area contributed by atoms with Gasteiger partial charge < -0.3 is 14.7 Å². The first kappa shape index (κ1) is 35.5. The number of pyridine rings is 1. The standard InChI is InChI=1S/C27H34N4O5S.3ClH/c1-18(2)15-19(3)30-11-13-31(14-12-30)26-17-24(27(32)33)23-16-20(5-10-25(23)28-26)29-37(34,35)22-8-6-21(36-4)7-9-22;;;/h5-10,16-19,29H,11-15H2,1-4H3,(H,32,33);3*1H. The highest BCUT2D eigenvalue weighted by atomic mass is 35.5. The van der Waals surface area contributed by atoms with E-state index in [-0.39, 0.29) is 53.4 Å². The number of hydrogen-bond acceptors (Lipinski definition) is 7. The second-order valence-corrected chi connectivity index (χ2v) is 11.5. The Bertz CT molecular complexity index is 1380. The van der Waals surface area contributed by atoms with Crippen LogP contribution in [0.1, 0.15) is 37.6 Å². The van der Waals surface area contributed by atoms with E-state index in [2.05, 4.69) is 35.3 Å². The lowest BCUT2D eigenvalue weighted by Gasteiger charge is -2.39. The summed E-state index contributed by atoms with van der Waals surface area (Å²) in [5.74, 6) is 0.712. The normalized spacial score (nSPS) is 14.5. The molecule has 2 aromatic carbocycles. The third-order valence-corrected chi connectivity index (χ3v) is 8.12. The summed E-state index contributed by atoms with van der Waals surface area (Å²) in [5.41, 5.74) is 0.840. The molecule has 2 N–H and O–H groups in total. The smallest absolute Gasteiger partial charge is 0.336 e. The lowest BCUT2D eigenvalue weighted by molar-refractivity contribution is 0.0699. The lowest BCUT2D eigenvalue weighted by atomic mass is 10.0. The SMILES string of the molecule is COc1ccc(S(=O)(=O)Nc2ccc3nc(N4CCN(C(C)CC(C)C)CC4)cc(C(=O)O)c3c2)cc1.Cl.Cl.Cl. The van der Waals surface area contributed by atoms with Crippen molar-refractivity contribution in [1.29, 1.82) is 0 Å². The molecule has 1 saturated heterocycles. The molecule has 13 heteroatoms. The number of rotatable bonds is 9. The van der Waals surface area contributed by atoms with Crippen molar-refractivity contribution < 1.29 is 23.1 Å². The lowest BCUT2D eigenvalue weighted by Crippen LogP contribution is -2.50. The fourth-order valence-corrected chi connectivity index (χ4v) is 5.86. The summed E-state index contributed by atoms with van der Waals surface area (Å²) in [5, 5.41) is 10.3. The maximum atomic E-state index is 12.9. The molecule has 40 heavy (non-hydrogen) atoms. The molecule has 0 bridgehead atoms. The van der Waals surface area contributed by atoms with Gasteiger partial charge in [0.15, 0.2) is 0 Å². The van der Waals surface area contributed by atoms with Crippen molar-refractivity contribution in [1.82, 2.24) is 9.88 Å². The van der Waals surface area contributed by atoms with E-state index in [1.807, 2.05) is 0 Å². The summed E-state index contributed by atoms with van der Waals surface area (Å²) in [6.45, 7) is 10.0. The van der Waals surface area contributed by atoms with Crippen molar-refractivity contribution in [2.75, 3.05) is 42.9 Å². The molecule has 0 spiro atoms. The van der Waals surface area contributed by atoms with Crippen LogP contribution in [0.15, 0.2) is 53.4 Å². The number of piperazine rings is 1. The van der Waals surface area contributed by atoms with Crippen LogP contribution in [0.3, 0.4) is 0 Å². The first-order valence-corrected chi connectivity index (χ1v) is 13.9. The Hall–Kier alpha value is -2.50. The van der Waals surface area contributed by atoms with Crippen molar-refractivity contribution in [2.45, 2.75) is 38.1 Å². The van der Waals surface area contributed by atoms with Gasteiger partial charge in [0.2, 0.25) is 0 Å². The summed E-state index contributed by atoms with van der Waals surface area (Å²) in [6.07, 6.45) is 1.14. The molecule has 1 unspecified atom stereocenters. The summed E-state index contributed by atoms with van der Waals surface area (Å²) in [4.78, 5) is 21.6. The van der Waals surface area contributed by atoms with Gasteiger partial charge in [-0.25, -0.2) is 18.2 Å². The summed E-state index contributed by atoms with van der Waals surface area (Å²) >= 11 is 0. The van der Waals surface area contributed by atoms with Crippen LogP contribution in [0.5, 0.6) is 5.75 Å². The third-order valence-electron chi connectivity index (χ3n) is 6.72. The summed E-state index contributed by atoms with van der Waals surface area (Å²) < 4.78 is 33.3. The predicted molar refractivity (Wildman–Crippen MR) is 167 cm³/mol. The van der Waals surface area contributed by atoms with Gasteiger partial charge in [-0.05, 0) is 67.8 Å². The highest BCUT2D eigenvalue weighted by molar-refractivity contribution is 7.92. The highest BCUT2D eigenvalue weighted by Crippen LogP contribution is 2.28. The van der Waals surface area contributed by atoms with Gasteiger partial charge in [-0.3, -0.25) is 9.62 Å². The number of nitrogens with zero attached hydrogens (tertiary/aromatic N) is 3. The fourth-order valence-electron chi connectivity index (χ4n) is 4.81. The zero-order valence-corrected chi connectivity index (χ0v) is 26.1. The fraction of sp³-hybridized carbons (Fsp3) is 0.407. The minimum absolute atomic E-state index is 0. The van der Waals surface area contributed by atoms with Crippen LogP contribution in [-0.2, 0) is 10.0 Å². The minimum atomic E-state index is -3.87. The number of aromatic nitrogens is 1. The Morgan fingerprint density at radius 1 is 1.00 bits per heavy atom. The van der Waals surface area contributed by atoms with Crippen LogP contribution < -0.4 is 14.4 Å². The molecule has 0 radical (unpaired) electrons. The molecule has 1 aliphatic heterocycles. The molecule has 4 rings (SSSR count). The van der Waals surface area contributed by atoms with E-state index < -0.39 is 16.0 Å². The van der Waals surface area contributed by atoms with Gasteiger partial charge in [0.1, 0.15) is 11.6 Å². The number of nitrogens with one attached hydrogen (secondary N) is 1. The second-order valence-electron chi connectivity index (χ2n) is 9.85. The third kappa shape index (κ3) is 8.27. The maximum absolute atomic E-state index is 12.9. The van der Waals surface area contributed by atoms with Crippen LogP contribution in [0.2, 0.25) is 0 Å². The number of carboxylic acid groups (broad SMARTS) is 1. The Balaban J connectivity index is 0.00000267. The van der Waals surface area contributed by atoms with Crippen LogP contribution in [0, 0.1) is 5.92 Å². The molecule has 0 saturated carbocycles. The molecule has 2 heterocycles. The zero-order chi connectivity index (χ0) is 26.7. The van der Waals surface area contributed by atoms with E-state index in [0.717, 1.165) is 32.6 Å². The Labute approximate surface area is 254 Å². The van der Waals surface area contributed by atoms with Gasteiger partial charge >= 0.3 is 5.97 Å². The van der Waals surface area contributed by atoms with Gasteiger partial charge in [-0.2, -0.15) is 0 Å². The average molecular weight is 636 g/mol. The molecule has 0 aliphatic carbocycles. The van der Waals surface area contributed by atoms with E-state index in [0.29, 0.717) is 34.4 Å². The molecule has 1 aliphatic rings. The largest absolute Gasteiger partial charge is 0.497 e. The minimum Gasteiger partial charge on any atom is -0.497 e. The van der Waals surface area contributed by atoms with Crippen LogP contribution in [-0.4, -0.2) is 68.7 Å². The number of anilines is 2. The van der Waals surface area contributed by atoms with E-state index in [1.54, 1.807) is 30.3 Å².